The fourth-order valence-corrected chi connectivity index (χ4v) is 3.96. The van der Waals surface area contributed by atoms with Crippen LogP contribution in [0.5, 0.6) is 11.5 Å². The number of anilines is 1. The molecule has 0 unspecified atom stereocenters. The summed E-state index contributed by atoms with van der Waals surface area (Å²) in [5.41, 5.74) is 8.42. The van der Waals surface area contributed by atoms with E-state index < -0.39 is 17.7 Å². The van der Waals surface area contributed by atoms with Crippen molar-refractivity contribution < 1.29 is 23.0 Å². The average Bonchev–Trinajstić information content (AvgIpc) is 2.77. The second-order valence-electron chi connectivity index (χ2n) is 8.06. The van der Waals surface area contributed by atoms with Crippen LogP contribution in [0.15, 0.2) is 41.5 Å². The number of hydrogen-bond acceptors (Lipinski definition) is 6. The molecule has 0 aliphatic carbocycles. The Morgan fingerprint density at radius 1 is 1.27 bits per heavy atom. The van der Waals surface area contributed by atoms with Crippen LogP contribution in [0.2, 0.25) is 0 Å². The fourth-order valence-electron chi connectivity index (χ4n) is 3.96. The molecule has 9 heteroatoms. The molecule has 1 atom stereocenters. The quantitative estimate of drug-likeness (QED) is 0.664. The summed E-state index contributed by atoms with van der Waals surface area (Å²) in [6.07, 6.45) is 3.82. The van der Waals surface area contributed by atoms with E-state index in [4.69, 9.17) is 15.2 Å². The van der Waals surface area contributed by atoms with Crippen LogP contribution in [0.3, 0.4) is 0 Å². The summed E-state index contributed by atoms with van der Waals surface area (Å²) < 4.78 is 39.0. The van der Waals surface area contributed by atoms with Crippen molar-refractivity contribution in [2.75, 3.05) is 25.1 Å². The van der Waals surface area contributed by atoms with E-state index in [1.165, 1.54) is 19.4 Å². The summed E-state index contributed by atoms with van der Waals surface area (Å²) in [7, 11) is 1.32. The first kappa shape index (κ1) is 22.7. The number of allylic oxidation sites excluding steroid dienone is 1. The van der Waals surface area contributed by atoms with Crippen molar-refractivity contribution in [3.63, 3.8) is 0 Å². The fraction of sp³-hybridized carbons (Fsp3) is 0.333. The molecule has 2 aromatic rings. The number of methoxy groups -OCH3 is 1. The zero-order chi connectivity index (χ0) is 23.5. The number of nitrogens with zero attached hydrogens (tertiary/aromatic N) is 2. The Morgan fingerprint density at radius 3 is 2.70 bits per heavy atom. The number of rotatable bonds is 5. The largest absolute Gasteiger partial charge is 0.453 e. The Kier molecular flexibility index (Phi) is 6.60. The zero-order valence-electron chi connectivity index (χ0n) is 18.5. The number of aliphatic imine (C=N–C) groups is 1. The first-order valence-corrected chi connectivity index (χ1v) is 10.7. The van der Waals surface area contributed by atoms with Crippen molar-refractivity contribution in [1.82, 2.24) is 5.32 Å². The molecule has 3 N–H and O–H groups in total. The first-order chi connectivity index (χ1) is 15.9. The molecule has 2 aliphatic rings. The molecule has 0 radical (unpaired) electrons. The van der Waals surface area contributed by atoms with E-state index >= 15 is 0 Å². The third kappa shape index (κ3) is 4.54. The molecule has 1 fully saturated rings. The molecule has 174 valence electrons. The van der Waals surface area contributed by atoms with Gasteiger partial charge in [0.2, 0.25) is 0 Å². The Balaban J connectivity index is 1.84. The van der Waals surface area contributed by atoms with Crippen molar-refractivity contribution in [1.29, 1.82) is 0 Å². The molecule has 2 aromatic carbocycles. The van der Waals surface area contributed by atoms with Crippen molar-refractivity contribution in [2.24, 2.45) is 10.7 Å². The van der Waals surface area contributed by atoms with E-state index in [1.807, 2.05) is 6.92 Å². The van der Waals surface area contributed by atoms with Crippen LogP contribution in [0.25, 0.3) is 5.57 Å². The van der Waals surface area contributed by atoms with Gasteiger partial charge in [-0.15, -0.1) is 0 Å². The molecule has 0 bridgehead atoms. The van der Waals surface area contributed by atoms with Crippen LogP contribution in [0.1, 0.15) is 24.5 Å². The summed E-state index contributed by atoms with van der Waals surface area (Å²) in [5.74, 6) is -1.33. The Hall–Kier alpha value is -3.46. The van der Waals surface area contributed by atoms with E-state index in [-0.39, 0.29) is 17.8 Å². The molecule has 7 nitrogen and oxygen atoms in total. The summed E-state index contributed by atoms with van der Waals surface area (Å²) in [4.78, 5) is 18.6. The summed E-state index contributed by atoms with van der Waals surface area (Å²) >= 11 is 0. The Labute approximate surface area is 190 Å². The van der Waals surface area contributed by atoms with Crippen LogP contribution in [0.4, 0.5) is 19.3 Å². The predicted octanol–water partition coefficient (Wildman–Crippen LogP) is 4.01. The molecule has 33 heavy (non-hydrogen) atoms. The van der Waals surface area contributed by atoms with Gasteiger partial charge in [-0.25, -0.2) is 13.6 Å². The lowest BCUT2D eigenvalue weighted by Crippen LogP contribution is -2.45. The van der Waals surface area contributed by atoms with Gasteiger partial charge in [-0.05, 0) is 44.0 Å². The minimum atomic E-state index is -0.833. The monoisotopic (exact) mass is 456 g/mol. The number of halogens is 2. The molecular weight excluding hydrogens is 430 g/mol. The number of ether oxygens (including phenoxy) is 2. The van der Waals surface area contributed by atoms with Gasteiger partial charge >= 0.3 is 6.09 Å². The van der Waals surface area contributed by atoms with Crippen molar-refractivity contribution in [3.05, 3.63) is 59.3 Å². The minimum absolute atomic E-state index is 0.0941. The molecule has 4 rings (SSSR count). The van der Waals surface area contributed by atoms with Gasteiger partial charge in [0.15, 0.2) is 11.6 Å². The van der Waals surface area contributed by atoms with Gasteiger partial charge in [0.05, 0.1) is 18.8 Å². The smallest absolute Gasteiger partial charge is 0.414 e. The van der Waals surface area contributed by atoms with E-state index in [9.17, 15) is 13.6 Å². The van der Waals surface area contributed by atoms with Gasteiger partial charge in [-0.3, -0.25) is 9.89 Å². The Morgan fingerprint density at radius 2 is 2.06 bits per heavy atom. The normalized spacial score (nSPS) is 18.7. The predicted molar refractivity (Wildman–Crippen MR) is 123 cm³/mol. The van der Waals surface area contributed by atoms with Gasteiger partial charge in [0.25, 0.3) is 0 Å². The molecule has 2 aliphatic heterocycles. The number of fused-ring (bicyclic) bond motifs is 1. The maximum Gasteiger partial charge on any atom is 0.414 e. The molecule has 2 heterocycles. The van der Waals surface area contributed by atoms with Crippen molar-refractivity contribution >= 4 is 23.6 Å². The van der Waals surface area contributed by atoms with Crippen LogP contribution < -0.4 is 20.7 Å². The molecular formula is C24H26F2N4O3. The van der Waals surface area contributed by atoms with Gasteiger partial charge in [-0.2, -0.15) is 0 Å². The zero-order valence-corrected chi connectivity index (χ0v) is 18.5. The summed E-state index contributed by atoms with van der Waals surface area (Å²) in [6, 6.07) is 6.74. The highest BCUT2D eigenvalue weighted by atomic mass is 19.1. The maximum absolute atomic E-state index is 14.5. The standard InChI is InChI=1S/C24H26F2N4O3/c1-14-3-5-19-21(30(14)24(31)32-2)7-6-18(15(10-27)11-29-17-12-28-13-17)23(19)33-22-8-4-16(25)9-20(22)26/h4,6-11,14,17,28H,3,5,12-13,27H2,1-2H3/t14-/m0/s1. The average molecular weight is 456 g/mol. The van der Waals surface area contributed by atoms with Crippen molar-refractivity contribution in [3.8, 4) is 11.5 Å². The van der Waals surface area contributed by atoms with Gasteiger partial charge < -0.3 is 20.5 Å². The number of benzene rings is 2. The first-order valence-electron chi connectivity index (χ1n) is 10.7. The van der Waals surface area contributed by atoms with E-state index in [1.54, 1.807) is 23.2 Å². The lowest BCUT2D eigenvalue weighted by atomic mass is 9.92. The van der Waals surface area contributed by atoms with Gasteiger partial charge in [0, 0.05) is 54.3 Å². The van der Waals surface area contributed by atoms with Crippen LogP contribution in [-0.4, -0.2) is 44.6 Å². The van der Waals surface area contributed by atoms with Crippen LogP contribution >= 0.6 is 0 Å². The number of carbonyl (C=O) groups is 1. The second kappa shape index (κ2) is 9.58. The number of carbonyl (C=O) groups excluding carboxylic acids is 1. The third-order valence-corrected chi connectivity index (χ3v) is 5.90. The van der Waals surface area contributed by atoms with Crippen LogP contribution in [-0.2, 0) is 11.2 Å². The maximum atomic E-state index is 14.5. The number of hydrogen-bond donors (Lipinski definition) is 2. The topological polar surface area (TPSA) is 89.2 Å². The van der Waals surface area contributed by atoms with Crippen molar-refractivity contribution in [2.45, 2.75) is 31.8 Å². The molecule has 0 aromatic heterocycles. The third-order valence-electron chi connectivity index (χ3n) is 5.90. The Bertz CT molecular complexity index is 1120. The van der Waals surface area contributed by atoms with E-state index in [2.05, 4.69) is 10.3 Å². The lowest BCUT2D eigenvalue weighted by molar-refractivity contribution is 0.175. The number of nitrogens with two attached hydrogens (primary N) is 1. The lowest BCUT2D eigenvalue weighted by Gasteiger charge is -2.35. The highest BCUT2D eigenvalue weighted by molar-refractivity contribution is 6.11. The molecule has 0 saturated carbocycles. The SMILES string of the molecule is COC(=O)N1c2ccc(C(C=NC3CNC3)=CN)c(Oc3ccc(F)cc3F)c2CC[C@@H]1C. The van der Waals surface area contributed by atoms with E-state index in [0.29, 0.717) is 41.0 Å². The number of nitrogens with one attached hydrogen (secondary N) is 1. The molecule has 0 spiro atoms. The molecule has 1 amide bonds. The molecule has 1 saturated heterocycles. The summed E-state index contributed by atoms with van der Waals surface area (Å²) in [6.45, 7) is 3.50. The van der Waals surface area contributed by atoms with Gasteiger partial charge in [-0.1, -0.05) is 0 Å². The van der Waals surface area contributed by atoms with E-state index in [0.717, 1.165) is 25.2 Å². The number of amides is 1. The van der Waals surface area contributed by atoms with Gasteiger partial charge in [0.1, 0.15) is 11.6 Å². The highest BCUT2D eigenvalue weighted by Gasteiger charge is 2.32. The second-order valence-corrected chi connectivity index (χ2v) is 8.06. The van der Waals surface area contributed by atoms with Crippen LogP contribution in [0, 0.1) is 11.6 Å². The highest BCUT2D eigenvalue weighted by Crippen LogP contribution is 2.43. The summed E-state index contributed by atoms with van der Waals surface area (Å²) in [5, 5.41) is 3.15. The minimum Gasteiger partial charge on any atom is -0.453 e.